The van der Waals surface area contributed by atoms with E-state index in [0.29, 0.717) is 5.69 Å². The molecule has 0 unspecified atom stereocenters. The van der Waals surface area contributed by atoms with Gasteiger partial charge in [-0.3, -0.25) is 4.79 Å². The van der Waals surface area contributed by atoms with Gasteiger partial charge in [-0.25, -0.2) is 0 Å². The Balaban J connectivity index is 2.43. The number of nitrogens with zero attached hydrogens (tertiary/aromatic N) is 1. The van der Waals surface area contributed by atoms with Crippen molar-refractivity contribution >= 4 is 5.97 Å². The molecule has 13 heavy (non-hydrogen) atoms. The topological polar surface area (TPSA) is 52.3 Å². The molecule has 0 aliphatic rings. The van der Waals surface area contributed by atoms with Crippen LogP contribution in [0.15, 0.2) is 16.9 Å². The third-order valence-electron chi connectivity index (χ3n) is 1.24. The first-order valence-electron chi connectivity index (χ1n) is 4.08. The molecule has 0 aliphatic carbocycles. The summed E-state index contributed by atoms with van der Waals surface area (Å²) in [6.45, 7) is 5.48. The number of hydrogen-bond donors (Lipinski definition) is 0. The molecule has 1 heterocycles. The van der Waals surface area contributed by atoms with Crippen molar-refractivity contribution in [3.63, 3.8) is 0 Å². The minimum absolute atomic E-state index is 0.160. The maximum absolute atomic E-state index is 11.2. The van der Waals surface area contributed by atoms with Crippen molar-refractivity contribution in [2.45, 2.75) is 32.8 Å². The molecule has 0 fully saturated rings. The molecule has 0 saturated heterocycles. The van der Waals surface area contributed by atoms with Crippen LogP contribution in [0.4, 0.5) is 0 Å². The molecule has 0 aromatic carbocycles. The Morgan fingerprint density at radius 1 is 1.62 bits per heavy atom. The molecule has 0 bridgehead atoms. The van der Waals surface area contributed by atoms with Gasteiger partial charge >= 0.3 is 5.97 Å². The van der Waals surface area contributed by atoms with Gasteiger partial charge in [0.1, 0.15) is 11.9 Å². The Labute approximate surface area is 76.9 Å². The number of carbonyl (C=O) groups is 1. The number of esters is 1. The highest BCUT2D eigenvalue weighted by Crippen LogP contribution is 2.08. The highest BCUT2D eigenvalue weighted by Gasteiger charge is 2.17. The lowest BCUT2D eigenvalue weighted by molar-refractivity contribution is -0.154. The number of ether oxygens (including phenoxy) is 1. The maximum Gasteiger partial charge on any atom is 0.312 e. The normalized spacial score (nSPS) is 11.3. The van der Waals surface area contributed by atoms with E-state index in [9.17, 15) is 4.79 Å². The molecule has 0 spiro atoms. The molecule has 4 heteroatoms. The first-order valence-corrected chi connectivity index (χ1v) is 4.08. The van der Waals surface area contributed by atoms with Gasteiger partial charge in [-0.15, -0.1) is 0 Å². The van der Waals surface area contributed by atoms with Crippen LogP contribution in [0.3, 0.4) is 0 Å². The minimum Gasteiger partial charge on any atom is -0.460 e. The highest BCUT2D eigenvalue weighted by molar-refractivity contribution is 5.72. The van der Waals surface area contributed by atoms with Crippen molar-refractivity contribution in [3.8, 4) is 0 Å². The summed E-state index contributed by atoms with van der Waals surface area (Å²) in [6.07, 6.45) is 1.59. The molecule has 1 aromatic heterocycles. The fourth-order valence-corrected chi connectivity index (χ4v) is 0.854. The van der Waals surface area contributed by atoms with E-state index in [1.165, 1.54) is 6.26 Å². The van der Waals surface area contributed by atoms with Gasteiger partial charge in [-0.1, -0.05) is 5.16 Å². The van der Waals surface area contributed by atoms with Crippen molar-refractivity contribution < 1.29 is 14.1 Å². The van der Waals surface area contributed by atoms with Crippen LogP contribution in [0.5, 0.6) is 0 Å². The molecule has 0 aliphatic heterocycles. The van der Waals surface area contributed by atoms with Gasteiger partial charge in [0.15, 0.2) is 0 Å². The average Bonchev–Trinajstić information content (AvgIpc) is 2.34. The van der Waals surface area contributed by atoms with E-state index in [1.54, 1.807) is 6.07 Å². The van der Waals surface area contributed by atoms with Crippen molar-refractivity contribution in [2.75, 3.05) is 0 Å². The van der Waals surface area contributed by atoms with Crippen LogP contribution in [-0.4, -0.2) is 16.7 Å². The molecule has 0 N–H and O–H groups in total. The molecule has 0 radical (unpaired) electrons. The number of hydrogen-bond acceptors (Lipinski definition) is 4. The minimum atomic E-state index is -0.444. The second-order valence-corrected chi connectivity index (χ2v) is 3.75. The lowest BCUT2D eigenvalue weighted by Crippen LogP contribution is -2.24. The van der Waals surface area contributed by atoms with Crippen molar-refractivity contribution in [1.82, 2.24) is 5.16 Å². The third-order valence-corrected chi connectivity index (χ3v) is 1.24. The zero-order chi connectivity index (χ0) is 9.90. The second-order valence-electron chi connectivity index (χ2n) is 3.75. The van der Waals surface area contributed by atoms with E-state index in [0.717, 1.165) is 0 Å². The standard InChI is InChI=1S/C9H13NO3/c1-9(2,3)13-8(11)6-7-4-5-12-10-7/h4-5H,6H2,1-3H3. The van der Waals surface area contributed by atoms with Crippen LogP contribution >= 0.6 is 0 Å². The van der Waals surface area contributed by atoms with Gasteiger partial charge in [0.05, 0.1) is 12.1 Å². The van der Waals surface area contributed by atoms with Crippen LogP contribution in [0.25, 0.3) is 0 Å². The van der Waals surface area contributed by atoms with Gasteiger partial charge in [0.2, 0.25) is 0 Å². The van der Waals surface area contributed by atoms with Crippen LogP contribution in [0.2, 0.25) is 0 Å². The largest absolute Gasteiger partial charge is 0.460 e. The summed E-state index contributed by atoms with van der Waals surface area (Å²) in [5, 5.41) is 3.61. The van der Waals surface area contributed by atoms with Gasteiger partial charge < -0.3 is 9.26 Å². The van der Waals surface area contributed by atoms with Crippen LogP contribution in [0.1, 0.15) is 26.5 Å². The third kappa shape index (κ3) is 3.73. The summed E-state index contributed by atoms with van der Waals surface area (Å²) >= 11 is 0. The summed E-state index contributed by atoms with van der Waals surface area (Å²) in [4.78, 5) is 11.2. The molecule has 72 valence electrons. The Bertz CT molecular complexity index is 272. The number of rotatable bonds is 2. The lowest BCUT2D eigenvalue weighted by Gasteiger charge is -2.18. The Morgan fingerprint density at radius 2 is 2.31 bits per heavy atom. The summed E-state index contributed by atoms with van der Waals surface area (Å²) in [5.74, 6) is -0.290. The number of aromatic nitrogens is 1. The fraction of sp³-hybridized carbons (Fsp3) is 0.556. The molecule has 1 rings (SSSR count). The highest BCUT2D eigenvalue weighted by atomic mass is 16.6. The van der Waals surface area contributed by atoms with Gasteiger partial charge in [0.25, 0.3) is 0 Å². The zero-order valence-electron chi connectivity index (χ0n) is 8.03. The van der Waals surface area contributed by atoms with Crippen molar-refractivity contribution in [3.05, 3.63) is 18.0 Å². The maximum atomic E-state index is 11.2. The predicted molar refractivity (Wildman–Crippen MR) is 46.1 cm³/mol. The number of carbonyl (C=O) groups excluding carboxylic acids is 1. The molecular weight excluding hydrogens is 170 g/mol. The summed E-state index contributed by atoms with van der Waals surface area (Å²) < 4.78 is 9.68. The summed E-state index contributed by atoms with van der Waals surface area (Å²) in [5.41, 5.74) is 0.148. The van der Waals surface area contributed by atoms with E-state index in [-0.39, 0.29) is 12.4 Å². The SMILES string of the molecule is CC(C)(C)OC(=O)Cc1ccon1. The van der Waals surface area contributed by atoms with Crippen LogP contribution in [0, 0.1) is 0 Å². The monoisotopic (exact) mass is 183 g/mol. The zero-order valence-corrected chi connectivity index (χ0v) is 8.03. The average molecular weight is 183 g/mol. The fourth-order valence-electron chi connectivity index (χ4n) is 0.854. The lowest BCUT2D eigenvalue weighted by atomic mass is 10.2. The van der Waals surface area contributed by atoms with E-state index < -0.39 is 5.60 Å². The molecule has 4 nitrogen and oxygen atoms in total. The molecule has 0 saturated carbocycles. The van der Waals surface area contributed by atoms with Gasteiger partial charge in [-0.05, 0) is 20.8 Å². The first-order chi connectivity index (χ1) is 5.97. The van der Waals surface area contributed by atoms with Gasteiger partial charge in [0, 0.05) is 6.07 Å². The predicted octanol–water partition coefficient (Wildman–Crippen LogP) is 1.56. The Morgan fingerprint density at radius 3 is 2.77 bits per heavy atom. The second kappa shape index (κ2) is 3.60. The summed E-state index contributed by atoms with van der Waals surface area (Å²) in [7, 11) is 0. The Kier molecular flexibility index (Phi) is 2.70. The van der Waals surface area contributed by atoms with E-state index >= 15 is 0 Å². The molecule has 1 aromatic rings. The first kappa shape index (κ1) is 9.77. The summed E-state index contributed by atoms with van der Waals surface area (Å²) in [6, 6.07) is 1.64. The Hall–Kier alpha value is -1.32. The van der Waals surface area contributed by atoms with E-state index in [2.05, 4.69) is 9.68 Å². The quantitative estimate of drug-likeness (QED) is 0.653. The molecule has 0 atom stereocenters. The van der Waals surface area contributed by atoms with Crippen LogP contribution < -0.4 is 0 Å². The van der Waals surface area contributed by atoms with Crippen LogP contribution in [-0.2, 0) is 16.0 Å². The van der Waals surface area contributed by atoms with E-state index in [1.807, 2.05) is 20.8 Å². The van der Waals surface area contributed by atoms with Crippen molar-refractivity contribution in [1.29, 1.82) is 0 Å². The van der Waals surface area contributed by atoms with Crippen molar-refractivity contribution in [2.24, 2.45) is 0 Å². The van der Waals surface area contributed by atoms with E-state index in [4.69, 9.17) is 4.74 Å². The smallest absolute Gasteiger partial charge is 0.312 e. The van der Waals surface area contributed by atoms with Gasteiger partial charge in [-0.2, -0.15) is 0 Å². The molecular formula is C9H13NO3. The molecule has 0 amide bonds.